The smallest absolute Gasteiger partial charge is 0.338 e. The van der Waals surface area contributed by atoms with E-state index in [2.05, 4.69) is 10.3 Å². The highest BCUT2D eigenvalue weighted by molar-refractivity contribution is 5.88. The van der Waals surface area contributed by atoms with E-state index in [0.29, 0.717) is 5.56 Å². The maximum Gasteiger partial charge on any atom is 0.338 e. The molecule has 0 aliphatic heterocycles. The molecule has 0 saturated carbocycles. The van der Waals surface area contributed by atoms with E-state index >= 15 is 0 Å². The molecule has 0 aliphatic carbocycles. The van der Waals surface area contributed by atoms with Crippen LogP contribution < -0.4 is 5.32 Å². The minimum absolute atomic E-state index is 0.0136. The first-order chi connectivity index (χ1) is 9.09. The average Bonchev–Trinajstić information content (AvgIpc) is 2.39. The molecule has 2 N–H and O–H groups in total. The third kappa shape index (κ3) is 2.85. The Labute approximate surface area is 107 Å². The molecule has 0 saturated heterocycles. The van der Waals surface area contributed by atoms with Gasteiger partial charge < -0.3 is 10.4 Å². The number of carboxylic acids is 1. The fourth-order valence-corrected chi connectivity index (χ4v) is 1.55. The van der Waals surface area contributed by atoms with Crippen molar-refractivity contribution in [3.8, 4) is 0 Å². The number of hydrogen-bond donors (Lipinski definition) is 2. The zero-order valence-corrected chi connectivity index (χ0v) is 9.73. The molecule has 0 bridgehead atoms. The lowest BCUT2D eigenvalue weighted by atomic mass is 10.2. The number of halogens is 2. The summed E-state index contributed by atoms with van der Waals surface area (Å²) in [5.41, 5.74) is -0.143. The predicted molar refractivity (Wildman–Crippen MR) is 64.9 cm³/mol. The molecule has 98 valence electrons. The molecule has 4 nitrogen and oxygen atoms in total. The van der Waals surface area contributed by atoms with Crippen LogP contribution in [-0.2, 0) is 6.54 Å². The van der Waals surface area contributed by atoms with Gasteiger partial charge in [-0.25, -0.2) is 18.6 Å². The van der Waals surface area contributed by atoms with E-state index in [1.165, 1.54) is 12.3 Å². The van der Waals surface area contributed by atoms with E-state index in [-0.39, 0.29) is 12.4 Å². The van der Waals surface area contributed by atoms with Crippen molar-refractivity contribution < 1.29 is 18.7 Å². The SMILES string of the molecule is O=C(O)c1ccnc(NCc2ccccc2F)c1F. The fourth-order valence-electron chi connectivity index (χ4n) is 1.55. The minimum Gasteiger partial charge on any atom is -0.478 e. The van der Waals surface area contributed by atoms with E-state index in [4.69, 9.17) is 5.11 Å². The van der Waals surface area contributed by atoms with Crippen LogP contribution in [0.25, 0.3) is 0 Å². The van der Waals surface area contributed by atoms with Crippen molar-refractivity contribution in [2.45, 2.75) is 6.54 Å². The van der Waals surface area contributed by atoms with Crippen LogP contribution in [0.3, 0.4) is 0 Å². The Bertz CT molecular complexity index is 617. The molecular formula is C13H10F2N2O2. The topological polar surface area (TPSA) is 62.2 Å². The summed E-state index contributed by atoms with van der Waals surface area (Å²) in [6.07, 6.45) is 1.18. The van der Waals surface area contributed by atoms with Crippen molar-refractivity contribution in [2.75, 3.05) is 5.32 Å². The molecular weight excluding hydrogens is 254 g/mol. The third-order valence-electron chi connectivity index (χ3n) is 2.52. The number of aromatic nitrogens is 1. The molecule has 19 heavy (non-hydrogen) atoms. The summed E-state index contributed by atoms with van der Waals surface area (Å²) in [5.74, 6) is -2.99. The molecule has 0 fully saturated rings. The largest absolute Gasteiger partial charge is 0.478 e. The average molecular weight is 264 g/mol. The highest BCUT2D eigenvalue weighted by Crippen LogP contribution is 2.16. The summed E-state index contributed by atoms with van der Waals surface area (Å²) < 4.78 is 27.1. The molecule has 0 unspecified atom stereocenters. The van der Waals surface area contributed by atoms with Gasteiger partial charge >= 0.3 is 5.97 Å². The second kappa shape index (κ2) is 5.43. The molecule has 6 heteroatoms. The Morgan fingerprint density at radius 3 is 2.68 bits per heavy atom. The lowest BCUT2D eigenvalue weighted by molar-refractivity contribution is 0.0692. The molecule has 2 aromatic rings. The second-order valence-corrected chi connectivity index (χ2v) is 3.77. The van der Waals surface area contributed by atoms with Crippen LogP contribution in [0.4, 0.5) is 14.6 Å². The maximum atomic E-state index is 13.7. The Morgan fingerprint density at radius 1 is 1.26 bits per heavy atom. The Hall–Kier alpha value is -2.50. The van der Waals surface area contributed by atoms with Crippen molar-refractivity contribution in [3.63, 3.8) is 0 Å². The van der Waals surface area contributed by atoms with Gasteiger partial charge in [0.15, 0.2) is 11.6 Å². The van der Waals surface area contributed by atoms with E-state index in [1.807, 2.05) is 0 Å². The number of carboxylic acid groups (broad SMARTS) is 1. The summed E-state index contributed by atoms with van der Waals surface area (Å²) in [7, 11) is 0. The normalized spacial score (nSPS) is 10.2. The van der Waals surface area contributed by atoms with Gasteiger partial charge in [0.2, 0.25) is 0 Å². The number of hydrogen-bond acceptors (Lipinski definition) is 3. The molecule has 0 amide bonds. The lowest BCUT2D eigenvalue weighted by Crippen LogP contribution is -2.09. The van der Waals surface area contributed by atoms with Crippen LogP contribution in [0.5, 0.6) is 0 Å². The monoisotopic (exact) mass is 264 g/mol. The number of nitrogens with one attached hydrogen (secondary N) is 1. The summed E-state index contributed by atoms with van der Waals surface area (Å²) in [6.45, 7) is 0.0136. The summed E-state index contributed by atoms with van der Waals surface area (Å²) in [4.78, 5) is 14.4. The van der Waals surface area contributed by atoms with Gasteiger partial charge in [0.1, 0.15) is 11.4 Å². The van der Waals surface area contributed by atoms with Crippen LogP contribution in [0, 0.1) is 11.6 Å². The zero-order valence-electron chi connectivity index (χ0n) is 9.73. The predicted octanol–water partition coefficient (Wildman–Crippen LogP) is 2.67. The minimum atomic E-state index is -1.38. The number of anilines is 1. The first kappa shape index (κ1) is 12.9. The molecule has 0 aliphatic rings. The van der Waals surface area contributed by atoms with Crippen LogP contribution in [-0.4, -0.2) is 16.1 Å². The van der Waals surface area contributed by atoms with E-state index in [1.54, 1.807) is 18.2 Å². The van der Waals surface area contributed by atoms with Crippen molar-refractivity contribution in [2.24, 2.45) is 0 Å². The van der Waals surface area contributed by atoms with Crippen LogP contribution in [0.15, 0.2) is 36.5 Å². The highest BCUT2D eigenvalue weighted by atomic mass is 19.1. The molecule has 0 radical (unpaired) electrons. The summed E-state index contributed by atoms with van der Waals surface area (Å²) in [6, 6.07) is 7.09. The number of benzene rings is 1. The highest BCUT2D eigenvalue weighted by Gasteiger charge is 2.15. The van der Waals surface area contributed by atoms with Crippen molar-refractivity contribution in [1.29, 1.82) is 0 Å². The molecule has 1 aromatic carbocycles. The number of rotatable bonds is 4. The summed E-state index contributed by atoms with van der Waals surface area (Å²) in [5, 5.41) is 11.3. The quantitative estimate of drug-likeness (QED) is 0.891. The first-order valence-electron chi connectivity index (χ1n) is 5.44. The van der Waals surface area contributed by atoms with E-state index in [9.17, 15) is 13.6 Å². The van der Waals surface area contributed by atoms with Crippen molar-refractivity contribution >= 4 is 11.8 Å². The Kier molecular flexibility index (Phi) is 3.70. The Balaban J connectivity index is 2.19. The van der Waals surface area contributed by atoms with Crippen LogP contribution in [0.1, 0.15) is 15.9 Å². The van der Waals surface area contributed by atoms with Gasteiger partial charge in [-0.1, -0.05) is 18.2 Å². The van der Waals surface area contributed by atoms with Crippen molar-refractivity contribution in [1.82, 2.24) is 4.98 Å². The second-order valence-electron chi connectivity index (χ2n) is 3.77. The molecule has 0 atom stereocenters. The van der Waals surface area contributed by atoms with E-state index < -0.39 is 23.2 Å². The van der Waals surface area contributed by atoms with Crippen LogP contribution >= 0.6 is 0 Å². The van der Waals surface area contributed by atoms with Gasteiger partial charge in [-0.05, 0) is 12.1 Å². The van der Waals surface area contributed by atoms with Gasteiger partial charge in [-0.2, -0.15) is 0 Å². The fraction of sp³-hybridized carbons (Fsp3) is 0.0769. The third-order valence-corrected chi connectivity index (χ3v) is 2.52. The summed E-state index contributed by atoms with van der Waals surface area (Å²) >= 11 is 0. The molecule has 0 spiro atoms. The Morgan fingerprint density at radius 2 is 2.00 bits per heavy atom. The molecule has 1 aromatic heterocycles. The number of aromatic carboxylic acids is 1. The standard InChI is InChI=1S/C13H10F2N2O2/c14-10-4-2-1-3-8(10)7-17-12-11(15)9(13(18)19)5-6-16-12/h1-6H,7H2,(H,16,17)(H,18,19). The van der Waals surface area contributed by atoms with Gasteiger partial charge in [0, 0.05) is 18.3 Å². The molecule has 2 rings (SSSR count). The maximum absolute atomic E-state index is 13.7. The van der Waals surface area contributed by atoms with Gasteiger partial charge in [0.05, 0.1) is 0 Å². The van der Waals surface area contributed by atoms with Crippen LogP contribution in [0.2, 0.25) is 0 Å². The lowest BCUT2D eigenvalue weighted by Gasteiger charge is -2.08. The number of carbonyl (C=O) groups is 1. The van der Waals surface area contributed by atoms with Gasteiger partial charge in [-0.3, -0.25) is 0 Å². The van der Waals surface area contributed by atoms with Crippen molar-refractivity contribution in [3.05, 3.63) is 59.3 Å². The first-order valence-corrected chi connectivity index (χ1v) is 5.44. The van der Waals surface area contributed by atoms with Gasteiger partial charge in [0.25, 0.3) is 0 Å². The zero-order chi connectivity index (χ0) is 13.8. The molecule has 1 heterocycles. The van der Waals surface area contributed by atoms with E-state index in [0.717, 1.165) is 6.07 Å². The number of nitrogens with zero attached hydrogens (tertiary/aromatic N) is 1. The number of pyridine rings is 1. The van der Waals surface area contributed by atoms with Gasteiger partial charge in [-0.15, -0.1) is 0 Å².